The van der Waals surface area contributed by atoms with Crippen LogP contribution in [0.4, 0.5) is 10.5 Å². The lowest BCUT2D eigenvalue weighted by Crippen LogP contribution is -2.54. The van der Waals surface area contributed by atoms with Crippen LogP contribution in [0.3, 0.4) is 0 Å². The Kier molecular flexibility index (Phi) is 6.90. The Hall–Kier alpha value is -2.83. The van der Waals surface area contributed by atoms with E-state index in [9.17, 15) is 14.4 Å². The second kappa shape index (κ2) is 9.58. The highest BCUT2D eigenvalue weighted by atomic mass is 16.2. The van der Waals surface area contributed by atoms with Crippen molar-refractivity contribution in [2.45, 2.75) is 38.1 Å². The molecule has 0 aromatic heterocycles. The van der Waals surface area contributed by atoms with Crippen molar-refractivity contribution in [1.29, 1.82) is 0 Å². The van der Waals surface area contributed by atoms with Crippen molar-refractivity contribution < 1.29 is 14.4 Å². The molecule has 29 heavy (non-hydrogen) atoms. The first-order valence-electron chi connectivity index (χ1n) is 10.3. The number of carbonyl (C=O) groups excluding carboxylic acids is 3. The second-order valence-electron chi connectivity index (χ2n) is 7.71. The molecule has 0 radical (unpaired) electrons. The van der Waals surface area contributed by atoms with Crippen molar-refractivity contribution in [3.63, 3.8) is 0 Å². The number of benzene rings is 1. The van der Waals surface area contributed by atoms with E-state index in [2.05, 4.69) is 11.9 Å². The van der Waals surface area contributed by atoms with Gasteiger partial charge in [0.25, 0.3) is 5.91 Å². The summed E-state index contributed by atoms with van der Waals surface area (Å²) in [6.07, 6.45) is 7.01. The first-order chi connectivity index (χ1) is 14.0. The van der Waals surface area contributed by atoms with Crippen molar-refractivity contribution in [3.05, 3.63) is 42.5 Å². The van der Waals surface area contributed by atoms with Gasteiger partial charge in [0.2, 0.25) is 5.91 Å². The molecule has 1 aromatic carbocycles. The van der Waals surface area contributed by atoms with Gasteiger partial charge in [-0.1, -0.05) is 25.8 Å². The van der Waals surface area contributed by atoms with Crippen molar-refractivity contribution in [2.75, 3.05) is 38.1 Å². The van der Waals surface area contributed by atoms with Crippen LogP contribution in [0.5, 0.6) is 0 Å². The summed E-state index contributed by atoms with van der Waals surface area (Å²) in [7, 11) is 1.67. The Labute approximate surface area is 172 Å². The van der Waals surface area contributed by atoms with Crippen LogP contribution < -0.4 is 10.2 Å². The molecular weight excluding hydrogens is 368 g/mol. The van der Waals surface area contributed by atoms with Crippen LogP contribution in [0.15, 0.2) is 36.9 Å². The third-order valence-electron chi connectivity index (χ3n) is 5.79. The van der Waals surface area contributed by atoms with Crippen LogP contribution >= 0.6 is 0 Å². The lowest BCUT2D eigenvalue weighted by Gasteiger charge is -2.36. The number of hydrogen-bond acceptors (Lipinski definition) is 3. The summed E-state index contributed by atoms with van der Waals surface area (Å²) in [5, 5.41) is 3.14. The van der Waals surface area contributed by atoms with Gasteiger partial charge < -0.3 is 20.0 Å². The molecule has 1 saturated heterocycles. The number of nitrogens with one attached hydrogen (secondary N) is 1. The predicted molar refractivity (Wildman–Crippen MR) is 113 cm³/mol. The SMILES string of the molecule is C=CC(=O)N(C)c1ccc(C(=O)N2CCN(C(=O)NC3CCCCC3)CC2)cc1. The number of amides is 4. The van der Waals surface area contributed by atoms with Crippen molar-refractivity contribution >= 4 is 23.5 Å². The van der Waals surface area contributed by atoms with E-state index in [0.717, 1.165) is 12.8 Å². The number of urea groups is 1. The van der Waals surface area contributed by atoms with Gasteiger partial charge >= 0.3 is 6.03 Å². The van der Waals surface area contributed by atoms with Crippen LogP contribution in [0.25, 0.3) is 0 Å². The quantitative estimate of drug-likeness (QED) is 0.793. The number of carbonyl (C=O) groups is 3. The highest BCUT2D eigenvalue weighted by Gasteiger charge is 2.26. The van der Waals surface area contributed by atoms with E-state index in [1.54, 1.807) is 41.1 Å². The standard InChI is InChI=1S/C22H30N4O3/c1-3-20(27)24(2)19-11-9-17(10-12-19)21(28)25-13-15-26(16-14-25)22(29)23-18-7-5-4-6-8-18/h3,9-12,18H,1,4-8,13-16H2,2H3,(H,23,29). The topological polar surface area (TPSA) is 73.0 Å². The summed E-state index contributed by atoms with van der Waals surface area (Å²) in [4.78, 5) is 42.0. The van der Waals surface area contributed by atoms with Crippen LogP contribution in [0.1, 0.15) is 42.5 Å². The Balaban J connectivity index is 1.51. The van der Waals surface area contributed by atoms with Gasteiger partial charge in [0.1, 0.15) is 0 Å². The number of rotatable bonds is 4. The van der Waals surface area contributed by atoms with E-state index >= 15 is 0 Å². The second-order valence-corrected chi connectivity index (χ2v) is 7.71. The summed E-state index contributed by atoms with van der Waals surface area (Å²) in [6, 6.07) is 7.24. The molecule has 0 atom stereocenters. The summed E-state index contributed by atoms with van der Waals surface area (Å²) in [5.74, 6) is -0.256. The number of piperazine rings is 1. The third kappa shape index (κ3) is 5.16. The van der Waals surface area contributed by atoms with Gasteiger partial charge in [-0.15, -0.1) is 0 Å². The molecule has 1 heterocycles. The van der Waals surface area contributed by atoms with Gasteiger partial charge in [-0.25, -0.2) is 4.79 Å². The average Bonchev–Trinajstić information content (AvgIpc) is 2.78. The van der Waals surface area contributed by atoms with Crippen LogP contribution in [0, 0.1) is 0 Å². The molecule has 1 aliphatic heterocycles. The fraction of sp³-hybridized carbons (Fsp3) is 0.500. The van der Waals surface area contributed by atoms with Gasteiger partial charge in [0.15, 0.2) is 0 Å². The highest BCUT2D eigenvalue weighted by molar-refractivity contribution is 6.01. The van der Waals surface area contributed by atoms with E-state index in [4.69, 9.17) is 0 Å². The Bertz CT molecular complexity index is 748. The molecule has 2 aliphatic rings. The third-order valence-corrected chi connectivity index (χ3v) is 5.79. The van der Waals surface area contributed by atoms with Crippen molar-refractivity contribution in [3.8, 4) is 0 Å². The molecule has 7 nitrogen and oxygen atoms in total. The molecule has 7 heteroatoms. The van der Waals surface area contributed by atoms with E-state index < -0.39 is 0 Å². The summed E-state index contributed by atoms with van der Waals surface area (Å²) < 4.78 is 0. The summed E-state index contributed by atoms with van der Waals surface area (Å²) >= 11 is 0. The van der Waals surface area contributed by atoms with Gasteiger partial charge in [0.05, 0.1) is 0 Å². The maximum atomic E-state index is 12.8. The molecule has 0 unspecified atom stereocenters. The fourth-order valence-corrected chi connectivity index (χ4v) is 3.90. The largest absolute Gasteiger partial charge is 0.335 e. The van der Waals surface area contributed by atoms with Gasteiger partial charge in [0, 0.05) is 50.5 Å². The Morgan fingerprint density at radius 2 is 1.59 bits per heavy atom. The minimum absolute atomic E-state index is 0.0109. The predicted octanol–water partition coefficient (Wildman–Crippen LogP) is 2.64. The maximum absolute atomic E-state index is 12.8. The first-order valence-corrected chi connectivity index (χ1v) is 10.3. The maximum Gasteiger partial charge on any atom is 0.317 e. The average molecular weight is 399 g/mol. The molecule has 1 aromatic rings. The summed E-state index contributed by atoms with van der Waals surface area (Å²) in [6.45, 7) is 5.60. The van der Waals surface area contributed by atoms with E-state index in [1.165, 1.54) is 30.2 Å². The molecule has 4 amide bonds. The molecule has 1 saturated carbocycles. The zero-order chi connectivity index (χ0) is 20.8. The first kappa shape index (κ1) is 20.9. The molecule has 0 bridgehead atoms. The van der Waals surface area contributed by atoms with Crippen molar-refractivity contribution in [2.24, 2.45) is 0 Å². The Morgan fingerprint density at radius 1 is 1.00 bits per heavy atom. The lowest BCUT2D eigenvalue weighted by atomic mass is 9.96. The highest BCUT2D eigenvalue weighted by Crippen LogP contribution is 2.19. The number of likely N-dealkylation sites (N-methyl/N-ethyl adjacent to an activating group) is 1. The summed E-state index contributed by atoms with van der Waals surface area (Å²) in [5.41, 5.74) is 1.28. The van der Waals surface area contributed by atoms with E-state index in [-0.39, 0.29) is 17.8 Å². The number of anilines is 1. The molecule has 3 rings (SSSR count). The van der Waals surface area contributed by atoms with Gasteiger partial charge in [-0.05, 0) is 43.2 Å². The zero-order valence-electron chi connectivity index (χ0n) is 17.1. The van der Waals surface area contributed by atoms with E-state index in [0.29, 0.717) is 43.5 Å². The number of hydrogen-bond donors (Lipinski definition) is 1. The van der Waals surface area contributed by atoms with Gasteiger partial charge in [-0.3, -0.25) is 9.59 Å². The minimum atomic E-state index is -0.202. The lowest BCUT2D eigenvalue weighted by molar-refractivity contribution is -0.113. The smallest absolute Gasteiger partial charge is 0.317 e. The van der Waals surface area contributed by atoms with E-state index in [1.807, 2.05) is 0 Å². The van der Waals surface area contributed by atoms with Crippen LogP contribution in [-0.4, -0.2) is 66.9 Å². The monoisotopic (exact) mass is 398 g/mol. The molecular formula is C22H30N4O3. The molecule has 1 N–H and O–H groups in total. The fourth-order valence-electron chi connectivity index (χ4n) is 3.90. The van der Waals surface area contributed by atoms with Crippen LogP contribution in [0.2, 0.25) is 0 Å². The normalized spacial score (nSPS) is 17.6. The molecule has 1 aliphatic carbocycles. The molecule has 0 spiro atoms. The Morgan fingerprint density at radius 3 is 2.17 bits per heavy atom. The van der Waals surface area contributed by atoms with Gasteiger partial charge in [-0.2, -0.15) is 0 Å². The van der Waals surface area contributed by atoms with Crippen molar-refractivity contribution in [1.82, 2.24) is 15.1 Å². The molecule has 156 valence electrons. The van der Waals surface area contributed by atoms with Crippen LogP contribution in [-0.2, 0) is 4.79 Å². The minimum Gasteiger partial charge on any atom is -0.335 e. The molecule has 2 fully saturated rings. The zero-order valence-corrected chi connectivity index (χ0v) is 17.1. The number of nitrogens with zero attached hydrogens (tertiary/aromatic N) is 3.